The maximum atomic E-state index is 4.39. The fourth-order valence-corrected chi connectivity index (χ4v) is 2.02. The van der Waals surface area contributed by atoms with Crippen LogP contribution in [0.5, 0.6) is 0 Å². The highest BCUT2D eigenvalue weighted by molar-refractivity contribution is 5.29. The van der Waals surface area contributed by atoms with Crippen molar-refractivity contribution in [2.45, 2.75) is 26.7 Å². The molecule has 0 radical (unpaired) electrons. The summed E-state index contributed by atoms with van der Waals surface area (Å²) >= 11 is 0. The van der Waals surface area contributed by atoms with Crippen LogP contribution in [0.2, 0.25) is 0 Å². The molecule has 1 heterocycles. The topological polar surface area (TPSA) is 12.9 Å². The van der Waals surface area contributed by atoms with Crippen LogP contribution in [0.4, 0.5) is 0 Å². The lowest BCUT2D eigenvalue weighted by atomic mass is 9.79. The highest BCUT2D eigenvalue weighted by Gasteiger charge is 2.24. The maximum absolute atomic E-state index is 4.39. The first-order valence-electron chi connectivity index (χ1n) is 5.44. The fourth-order valence-electron chi connectivity index (χ4n) is 2.02. The zero-order valence-corrected chi connectivity index (χ0v) is 9.40. The van der Waals surface area contributed by atoms with Crippen molar-refractivity contribution in [2.75, 3.05) is 0 Å². The van der Waals surface area contributed by atoms with E-state index in [9.17, 15) is 0 Å². The van der Waals surface area contributed by atoms with Crippen molar-refractivity contribution in [1.29, 1.82) is 0 Å². The standard InChI is InChI=1S/C14H17N/c1-14(2,12-7-3-4-8-12)11-13-9-5-6-10-15-13/h3-7,9-10H,8,11H2,1-2H3. The van der Waals surface area contributed by atoms with Gasteiger partial charge in [0.1, 0.15) is 0 Å². The van der Waals surface area contributed by atoms with Crippen LogP contribution in [0.1, 0.15) is 26.0 Å². The van der Waals surface area contributed by atoms with E-state index in [0.29, 0.717) is 0 Å². The van der Waals surface area contributed by atoms with Gasteiger partial charge in [-0.15, -0.1) is 0 Å². The van der Waals surface area contributed by atoms with Crippen molar-refractivity contribution in [2.24, 2.45) is 5.41 Å². The SMILES string of the molecule is CC(C)(Cc1ccccn1)C1=CC=CC1. The van der Waals surface area contributed by atoms with Gasteiger partial charge in [-0.3, -0.25) is 4.98 Å². The normalized spacial score (nSPS) is 15.5. The molecule has 78 valence electrons. The van der Waals surface area contributed by atoms with E-state index in [1.54, 1.807) is 0 Å². The molecule has 0 bridgehead atoms. The zero-order chi connectivity index (χ0) is 10.7. The number of aromatic nitrogens is 1. The quantitative estimate of drug-likeness (QED) is 0.725. The van der Waals surface area contributed by atoms with Crippen molar-refractivity contribution in [3.63, 3.8) is 0 Å². The van der Waals surface area contributed by atoms with E-state index in [4.69, 9.17) is 0 Å². The smallest absolute Gasteiger partial charge is 0.0412 e. The van der Waals surface area contributed by atoms with Gasteiger partial charge in [0.05, 0.1) is 0 Å². The highest BCUT2D eigenvalue weighted by Crippen LogP contribution is 2.34. The van der Waals surface area contributed by atoms with Gasteiger partial charge in [-0.05, 0) is 30.4 Å². The Morgan fingerprint density at radius 2 is 2.20 bits per heavy atom. The molecule has 0 aliphatic heterocycles. The van der Waals surface area contributed by atoms with Crippen LogP contribution in [-0.4, -0.2) is 4.98 Å². The molecule has 0 atom stereocenters. The van der Waals surface area contributed by atoms with E-state index in [0.717, 1.165) is 12.8 Å². The molecule has 0 aromatic carbocycles. The van der Waals surface area contributed by atoms with Gasteiger partial charge >= 0.3 is 0 Å². The first kappa shape index (κ1) is 10.2. The molecule has 0 saturated carbocycles. The zero-order valence-electron chi connectivity index (χ0n) is 9.40. The first-order chi connectivity index (χ1) is 7.18. The molecule has 0 spiro atoms. The lowest BCUT2D eigenvalue weighted by Gasteiger charge is -2.26. The van der Waals surface area contributed by atoms with Crippen LogP contribution in [0.3, 0.4) is 0 Å². The number of hydrogen-bond acceptors (Lipinski definition) is 1. The summed E-state index contributed by atoms with van der Waals surface area (Å²) in [7, 11) is 0. The number of pyridine rings is 1. The summed E-state index contributed by atoms with van der Waals surface area (Å²) in [5.74, 6) is 0. The molecule has 15 heavy (non-hydrogen) atoms. The van der Waals surface area contributed by atoms with Gasteiger partial charge in [0.15, 0.2) is 0 Å². The van der Waals surface area contributed by atoms with Crippen molar-refractivity contribution >= 4 is 0 Å². The lowest BCUT2D eigenvalue weighted by molar-refractivity contribution is 0.432. The number of rotatable bonds is 3. The van der Waals surface area contributed by atoms with E-state index in [-0.39, 0.29) is 5.41 Å². The van der Waals surface area contributed by atoms with Crippen molar-refractivity contribution in [3.8, 4) is 0 Å². The molecule has 0 unspecified atom stereocenters. The summed E-state index contributed by atoms with van der Waals surface area (Å²) in [4.78, 5) is 4.39. The Balaban J connectivity index is 2.11. The van der Waals surface area contributed by atoms with E-state index >= 15 is 0 Å². The lowest BCUT2D eigenvalue weighted by Crippen LogP contribution is -2.18. The van der Waals surface area contributed by atoms with Gasteiger partial charge in [-0.1, -0.05) is 43.7 Å². The third-order valence-electron chi connectivity index (χ3n) is 2.99. The number of hydrogen-bond donors (Lipinski definition) is 0. The Morgan fingerprint density at radius 3 is 2.80 bits per heavy atom. The molecule has 0 amide bonds. The third-order valence-corrected chi connectivity index (χ3v) is 2.99. The van der Waals surface area contributed by atoms with Gasteiger partial charge < -0.3 is 0 Å². The van der Waals surface area contributed by atoms with Crippen LogP contribution in [0.15, 0.2) is 48.2 Å². The second-order valence-electron chi connectivity index (χ2n) is 4.71. The maximum Gasteiger partial charge on any atom is 0.0412 e. The Hall–Kier alpha value is -1.37. The van der Waals surface area contributed by atoms with Gasteiger partial charge in [0, 0.05) is 11.9 Å². The number of nitrogens with zero attached hydrogens (tertiary/aromatic N) is 1. The largest absolute Gasteiger partial charge is 0.261 e. The van der Waals surface area contributed by atoms with E-state index < -0.39 is 0 Å². The molecule has 1 aliphatic carbocycles. The van der Waals surface area contributed by atoms with E-state index in [2.05, 4.69) is 49.2 Å². The summed E-state index contributed by atoms with van der Waals surface area (Å²) in [5.41, 5.74) is 2.90. The Labute approximate surface area is 91.6 Å². The molecule has 1 aliphatic rings. The molecule has 0 fully saturated rings. The fraction of sp³-hybridized carbons (Fsp3) is 0.357. The molecule has 0 N–H and O–H groups in total. The van der Waals surface area contributed by atoms with Crippen LogP contribution >= 0.6 is 0 Å². The predicted molar refractivity (Wildman–Crippen MR) is 63.6 cm³/mol. The van der Waals surface area contributed by atoms with E-state index in [1.165, 1.54) is 11.3 Å². The molecular formula is C14H17N. The Bertz CT molecular complexity index is 385. The molecule has 2 rings (SSSR count). The average molecular weight is 199 g/mol. The van der Waals surface area contributed by atoms with Crippen LogP contribution in [0, 0.1) is 5.41 Å². The second-order valence-corrected chi connectivity index (χ2v) is 4.71. The third kappa shape index (κ3) is 2.35. The monoisotopic (exact) mass is 199 g/mol. The molecule has 1 heteroatoms. The molecular weight excluding hydrogens is 182 g/mol. The van der Waals surface area contributed by atoms with Gasteiger partial charge in [0.25, 0.3) is 0 Å². The summed E-state index contributed by atoms with van der Waals surface area (Å²) in [6.45, 7) is 4.58. The molecule has 1 aromatic heterocycles. The summed E-state index contributed by atoms with van der Waals surface area (Å²) in [6.07, 6.45) is 10.6. The minimum Gasteiger partial charge on any atom is -0.261 e. The van der Waals surface area contributed by atoms with Gasteiger partial charge in [-0.25, -0.2) is 0 Å². The van der Waals surface area contributed by atoms with Crippen molar-refractivity contribution < 1.29 is 0 Å². The minimum absolute atomic E-state index is 0.220. The number of allylic oxidation sites excluding steroid dienone is 4. The second kappa shape index (κ2) is 4.01. The summed E-state index contributed by atoms with van der Waals surface area (Å²) in [5, 5.41) is 0. The van der Waals surface area contributed by atoms with Crippen LogP contribution in [-0.2, 0) is 6.42 Å². The highest BCUT2D eigenvalue weighted by atomic mass is 14.7. The Kier molecular flexibility index (Phi) is 2.72. The van der Waals surface area contributed by atoms with Crippen molar-refractivity contribution in [1.82, 2.24) is 4.98 Å². The first-order valence-corrected chi connectivity index (χ1v) is 5.44. The van der Waals surface area contributed by atoms with Crippen LogP contribution in [0.25, 0.3) is 0 Å². The minimum atomic E-state index is 0.220. The molecule has 1 nitrogen and oxygen atoms in total. The molecule has 0 saturated heterocycles. The average Bonchev–Trinajstić information content (AvgIpc) is 2.71. The van der Waals surface area contributed by atoms with Crippen LogP contribution < -0.4 is 0 Å². The van der Waals surface area contributed by atoms with Crippen molar-refractivity contribution in [3.05, 3.63) is 53.9 Å². The van der Waals surface area contributed by atoms with Gasteiger partial charge in [-0.2, -0.15) is 0 Å². The summed E-state index contributed by atoms with van der Waals surface area (Å²) in [6, 6.07) is 6.12. The summed E-state index contributed by atoms with van der Waals surface area (Å²) < 4.78 is 0. The predicted octanol–water partition coefficient (Wildman–Crippen LogP) is 3.54. The Morgan fingerprint density at radius 1 is 1.33 bits per heavy atom. The van der Waals surface area contributed by atoms with Gasteiger partial charge in [0.2, 0.25) is 0 Å². The molecule has 1 aromatic rings. The van der Waals surface area contributed by atoms with E-state index in [1.807, 2.05) is 12.3 Å².